The second-order valence-corrected chi connectivity index (χ2v) is 4.90. The van der Waals surface area contributed by atoms with E-state index in [1.54, 1.807) is 36.4 Å². The second kappa shape index (κ2) is 6.46. The third-order valence-corrected chi connectivity index (χ3v) is 3.20. The van der Waals surface area contributed by atoms with Crippen LogP contribution in [0.4, 0.5) is 11.4 Å². The Morgan fingerprint density at radius 2 is 1.65 bits per heavy atom. The molecule has 0 aromatic heterocycles. The van der Waals surface area contributed by atoms with E-state index in [2.05, 4.69) is 5.32 Å². The van der Waals surface area contributed by atoms with Crippen molar-refractivity contribution < 1.29 is 4.79 Å². The Balaban J connectivity index is 2.07. The molecular weight excluding hydrogens is 295 g/mol. The van der Waals surface area contributed by atoms with Gasteiger partial charge >= 0.3 is 0 Å². The fraction of sp³-hybridized carbons (Fsp3) is 0. The summed E-state index contributed by atoms with van der Waals surface area (Å²) < 4.78 is 0. The van der Waals surface area contributed by atoms with Crippen LogP contribution in [0, 0.1) is 0 Å². The monoisotopic (exact) mass is 306 g/mol. The van der Waals surface area contributed by atoms with Gasteiger partial charge in [0.05, 0.1) is 15.7 Å². The fourth-order valence-corrected chi connectivity index (χ4v) is 2.05. The molecule has 0 radical (unpaired) electrons. The van der Waals surface area contributed by atoms with Crippen LogP contribution in [0.2, 0.25) is 10.0 Å². The number of hydrogen-bond acceptors (Lipinski definition) is 2. The summed E-state index contributed by atoms with van der Waals surface area (Å²) in [5.74, 6) is -0.308. The highest BCUT2D eigenvalue weighted by atomic mass is 35.5. The summed E-state index contributed by atoms with van der Waals surface area (Å²) >= 11 is 11.9. The van der Waals surface area contributed by atoms with Crippen LogP contribution in [0.3, 0.4) is 0 Å². The van der Waals surface area contributed by atoms with Crippen LogP contribution in [0.1, 0.15) is 5.56 Å². The van der Waals surface area contributed by atoms with Crippen LogP contribution in [-0.2, 0) is 4.79 Å². The largest absolute Gasteiger partial charge is 0.399 e. The molecule has 0 saturated heterocycles. The molecule has 0 atom stereocenters. The molecule has 0 unspecified atom stereocenters. The minimum atomic E-state index is -0.308. The van der Waals surface area contributed by atoms with E-state index in [4.69, 9.17) is 28.9 Å². The zero-order valence-electron chi connectivity index (χ0n) is 10.4. The van der Waals surface area contributed by atoms with E-state index < -0.39 is 0 Å². The summed E-state index contributed by atoms with van der Waals surface area (Å²) in [6, 6.07) is 12.2. The molecule has 5 heteroatoms. The van der Waals surface area contributed by atoms with Crippen LogP contribution < -0.4 is 11.1 Å². The Morgan fingerprint density at radius 3 is 2.25 bits per heavy atom. The lowest BCUT2D eigenvalue weighted by Gasteiger charge is -2.06. The van der Waals surface area contributed by atoms with Gasteiger partial charge < -0.3 is 11.1 Å². The molecule has 102 valence electrons. The average molecular weight is 307 g/mol. The first-order valence-corrected chi connectivity index (χ1v) is 6.60. The van der Waals surface area contributed by atoms with E-state index in [0.29, 0.717) is 21.4 Å². The number of carbonyl (C=O) groups is 1. The Kier molecular flexibility index (Phi) is 4.66. The molecule has 0 heterocycles. The summed E-state index contributed by atoms with van der Waals surface area (Å²) in [6.45, 7) is 0. The highest BCUT2D eigenvalue weighted by molar-refractivity contribution is 6.39. The number of amides is 1. The van der Waals surface area contributed by atoms with Gasteiger partial charge in [0.2, 0.25) is 5.91 Å². The Bertz CT molecular complexity index is 631. The first kappa shape index (κ1) is 14.4. The van der Waals surface area contributed by atoms with Gasteiger partial charge in [-0.2, -0.15) is 0 Å². The quantitative estimate of drug-likeness (QED) is 0.658. The van der Waals surface area contributed by atoms with Gasteiger partial charge in [-0.1, -0.05) is 41.4 Å². The zero-order chi connectivity index (χ0) is 14.5. The summed E-state index contributed by atoms with van der Waals surface area (Å²) in [6.07, 6.45) is 3.09. The zero-order valence-corrected chi connectivity index (χ0v) is 11.9. The molecule has 2 aromatic rings. The summed E-state index contributed by atoms with van der Waals surface area (Å²) in [4.78, 5) is 11.8. The van der Waals surface area contributed by atoms with Crippen LogP contribution >= 0.6 is 23.2 Å². The van der Waals surface area contributed by atoms with E-state index in [1.807, 2.05) is 12.1 Å². The molecule has 0 aliphatic heterocycles. The number of carbonyl (C=O) groups excluding carboxylic acids is 1. The van der Waals surface area contributed by atoms with Gasteiger partial charge in [-0.05, 0) is 35.9 Å². The van der Waals surface area contributed by atoms with Crippen molar-refractivity contribution in [2.45, 2.75) is 0 Å². The van der Waals surface area contributed by atoms with E-state index in [0.717, 1.165) is 5.56 Å². The smallest absolute Gasteiger partial charge is 0.248 e. The van der Waals surface area contributed by atoms with Crippen molar-refractivity contribution in [2.24, 2.45) is 0 Å². The molecule has 3 nitrogen and oxygen atoms in total. The predicted molar refractivity (Wildman–Crippen MR) is 85.0 cm³/mol. The third-order valence-electron chi connectivity index (χ3n) is 2.57. The second-order valence-electron chi connectivity index (χ2n) is 4.09. The maximum atomic E-state index is 11.8. The molecule has 3 N–H and O–H groups in total. The van der Waals surface area contributed by atoms with E-state index in [9.17, 15) is 4.79 Å². The minimum absolute atomic E-state index is 0.308. The van der Waals surface area contributed by atoms with Gasteiger partial charge in [0.1, 0.15) is 0 Å². The maximum Gasteiger partial charge on any atom is 0.248 e. The van der Waals surface area contributed by atoms with Crippen molar-refractivity contribution in [1.29, 1.82) is 0 Å². The number of para-hydroxylation sites is 1. The number of rotatable bonds is 3. The van der Waals surface area contributed by atoms with Gasteiger partial charge in [-0.3, -0.25) is 4.79 Å². The van der Waals surface area contributed by atoms with Gasteiger partial charge in [0, 0.05) is 11.8 Å². The third kappa shape index (κ3) is 3.76. The van der Waals surface area contributed by atoms with Crippen molar-refractivity contribution in [3.8, 4) is 0 Å². The van der Waals surface area contributed by atoms with Crippen molar-refractivity contribution >= 4 is 46.6 Å². The van der Waals surface area contributed by atoms with Gasteiger partial charge in [-0.25, -0.2) is 0 Å². The number of nitrogens with one attached hydrogen (secondary N) is 1. The Hall–Kier alpha value is -1.97. The highest BCUT2D eigenvalue weighted by Crippen LogP contribution is 2.29. The maximum absolute atomic E-state index is 11.8. The Morgan fingerprint density at radius 1 is 1.05 bits per heavy atom. The molecule has 20 heavy (non-hydrogen) atoms. The molecule has 0 aliphatic carbocycles. The first-order valence-electron chi connectivity index (χ1n) is 5.85. The fourth-order valence-electron chi connectivity index (χ4n) is 1.56. The van der Waals surface area contributed by atoms with Crippen molar-refractivity contribution in [3.05, 3.63) is 64.1 Å². The predicted octanol–water partition coefficient (Wildman–Crippen LogP) is 4.23. The lowest BCUT2D eigenvalue weighted by atomic mass is 10.2. The van der Waals surface area contributed by atoms with E-state index >= 15 is 0 Å². The van der Waals surface area contributed by atoms with E-state index in [1.165, 1.54) is 6.08 Å². The molecule has 0 bridgehead atoms. The summed E-state index contributed by atoms with van der Waals surface area (Å²) in [7, 11) is 0. The molecule has 2 aromatic carbocycles. The number of halogens is 2. The van der Waals surface area contributed by atoms with Crippen LogP contribution in [-0.4, -0.2) is 5.91 Å². The van der Waals surface area contributed by atoms with Crippen LogP contribution in [0.5, 0.6) is 0 Å². The molecule has 1 amide bonds. The lowest BCUT2D eigenvalue weighted by Crippen LogP contribution is -2.08. The molecule has 0 saturated carbocycles. The molecule has 0 aliphatic rings. The number of nitrogens with two attached hydrogens (primary N) is 1. The van der Waals surface area contributed by atoms with Crippen LogP contribution in [0.15, 0.2) is 48.5 Å². The topological polar surface area (TPSA) is 55.1 Å². The highest BCUT2D eigenvalue weighted by Gasteiger charge is 2.07. The molecule has 0 spiro atoms. The summed E-state index contributed by atoms with van der Waals surface area (Å²) in [5, 5.41) is 3.44. The van der Waals surface area contributed by atoms with Gasteiger partial charge in [0.15, 0.2) is 0 Å². The number of benzene rings is 2. The van der Waals surface area contributed by atoms with Gasteiger partial charge in [0.25, 0.3) is 0 Å². The van der Waals surface area contributed by atoms with Crippen molar-refractivity contribution in [3.63, 3.8) is 0 Å². The first-order chi connectivity index (χ1) is 9.56. The number of nitrogen functional groups attached to an aromatic ring is 1. The molecule has 0 fully saturated rings. The number of hydrogen-bond donors (Lipinski definition) is 2. The molecular formula is C15H12Cl2N2O. The standard InChI is InChI=1S/C15H12Cl2N2O/c16-12-2-1-3-13(17)15(12)19-14(20)9-6-10-4-7-11(18)8-5-10/h1-9H,18H2,(H,19,20)/b9-6+. The minimum Gasteiger partial charge on any atom is -0.399 e. The average Bonchev–Trinajstić information content (AvgIpc) is 2.42. The lowest BCUT2D eigenvalue weighted by molar-refractivity contribution is -0.111. The Labute approximate surface area is 127 Å². The normalized spacial score (nSPS) is 10.7. The SMILES string of the molecule is Nc1ccc(/C=C/C(=O)Nc2c(Cl)cccc2Cl)cc1. The number of anilines is 2. The van der Waals surface area contributed by atoms with Crippen molar-refractivity contribution in [2.75, 3.05) is 11.1 Å². The van der Waals surface area contributed by atoms with Crippen molar-refractivity contribution in [1.82, 2.24) is 0 Å². The summed E-state index contributed by atoms with van der Waals surface area (Å²) in [5.41, 5.74) is 7.54. The molecule has 2 rings (SSSR count). The van der Waals surface area contributed by atoms with Crippen LogP contribution in [0.25, 0.3) is 6.08 Å². The van der Waals surface area contributed by atoms with E-state index in [-0.39, 0.29) is 5.91 Å². The van der Waals surface area contributed by atoms with Gasteiger partial charge in [-0.15, -0.1) is 0 Å².